The van der Waals surface area contributed by atoms with E-state index in [4.69, 9.17) is 9.84 Å². The summed E-state index contributed by atoms with van der Waals surface area (Å²) in [6.07, 6.45) is 0.773. The van der Waals surface area contributed by atoms with Crippen LogP contribution in [-0.4, -0.2) is 41.7 Å². The Hall–Kier alpha value is -1.55. The SMILES string of the molecule is COc1ccccc1CC(C)N(CC(=O)O)C(C)C. The van der Waals surface area contributed by atoms with Crippen molar-refractivity contribution in [2.45, 2.75) is 39.3 Å². The van der Waals surface area contributed by atoms with Crippen LogP contribution in [0.1, 0.15) is 26.3 Å². The molecule has 0 aromatic heterocycles. The molecule has 0 saturated heterocycles. The number of nitrogens with zero attached hydrogens (tertiary/aromatic N) is 1. The van der Waals surface area contributed by atoms with Crippen molar-refractivity contribution in [3.8, 4) is 5.75 Å². The summed E-state index contributed by atoms with van der Waals surface area (Å²) in [6.45, 7) is 6.15. The molecule has 0 radical (unpaired) electrons. The van der Waals surface area contributed by atoms with E-state index in [0.29, 0.717) is 0 Å². The van der Waals surface area contributed by atoms with Gasteiger partial charge in [-0.1, -0.05) is 18.2 Å². The predicted octanol–water partition coefficient (Wildman–Crippen LogP) is 2.42. The van der Waals surface area contributed by atoms with Gasteiger partial charge in [-0.05, 0) is 38.8 Å². The second kappa shape index (κ2) is 7.14. The van der Waals surface area contributed by atoms with Crippen LogP contribution in [0.5, 0.6) is 5.75 Å². The lowest BCUT2D eigenvalue weighted by Gasteiger charge is -2.31. The number of hydrogen-bond acceptors (Lipinski definition) is 3. The predicted molar refractivity (Wildman–Crippen MR) is 75.6 cm³/mol. The number of hydrogen-bond donors (Lipinski definition) is 1. The van der Waals surface area contributed by atoms with E-state index in [1.807, 2.05) is 43.0 Å². The highest BCUT2D eigenvalue weighted by molar-refractivity contribution is 5.69. The summed E-state index contributed by atoms with van der Waals surface area (Å²) < 4.78 is 5.33. The van der Waals surface area contributed by atoms with Crippen LogP contribution in [0.25, 0.3) is 0 Å². The Labute approximate surface area is 115 Å². The van der Waals surface area contributed by atoms with Gasteiger partial charge in [0.15, 0.2) is 0 Å². The summed E-state index contributed by atoms with van der Waals surface area (Å²) >= 11 is 0. The Morgan fingerprint density at radius 3 is 2.47 bits per heavy atom. The lowest BCUT2D eigenvalue weighted by atomic mass is 10.0. The Kier molecular flexibility index (Phi) is 5.83. The van der Waals surface area contributed by atoms with Gasteiger partial charge in [0.25, 0.3) is 0 Å². The van der Waals surface area contributed by atoms with Crippen LogP contribution >= 0.6 is 0 Å². The van der Waals surface area contributed by atoms with Crippen molar-refractivity contribution >= 4 is 5.97 Å². The molecule has 0 spiro atoms. The third-order valence-corrected chi connectivity index (χ3v) is 3.26. The first-order chi connectivity index (χ1) is 8.95. The highest BCUT2D eigenvalue weighted by Gasteiger charge is 2.21. The molecule has 1 aromatic rings. The number of rotatable bonds is 7. The van der Waals surface area contributed by atoms with Crippen molar-refractivity contribution in [3.63, 3.8) is 0 Å². The van der Waals surface area contributed by atoms with Gasteiger partial charge in [-0.25, -0.2) is 0 Å². The fourth-order valence-electron chi connectivity index (χ4n) is 2.31. The van der Waals surface area contributed by atoms with Crippen molar-refractivity contribution in [1.29, 1.82) is 0 Å². The molecule has 4 heteroatoms. The molecule has 1 N–H and O–H groups in total. The van der Waals surface area contributed by atoms with Gasteiger partial charge < -0.3 is 9.84 Å². The largest absolute Gasteiger partial charge is 0.496 e. The molecular weight excluding hydrogens is 242 g/mol. The quantitative estimate of drug-likeness (QED) is 0.822. The fourth-order valence-corrected chi connectivity index (χ4v) is 2.31. The van der Waals surface area contributed by atoms with Crippen molar-refractivity contribution in [2.75, 3.05) is 13.7 Å². The van der Waals surface area contributed by atoms with Crippen LogP contribution in [0.2, 0.25) is 0 Å². The second-order valence-corrected chi connectivity index (χ2v) is 5.02. The molecule has 0 aliphatic heterocycles. The van der Waals surface area contributed by atoms with Crippen molar-refractivity contribution in [3.05, 3.63) is 29.8 Å². The van der Waals surface area contributed by atoms with Crippen molar-refractivity contribution in [1.82, 2.24) is 4.90 Å². The highest BCUT2D eigenvalue weighted by atomic mass is 16.5. The normalized spacial score (nSPS) is 12.7. The van der Waals surface area contributed by atoms with Gasteiger partial charge in [-0.3, -0.25) is 9.69 Å². The maximum absolute atomic E-state index is 10.9. The first-order valence-corrected chi connectivity index (χ1v) is 6.55. The zero-order chi connectivity index (χ0) is 14.4. The number of ether oxygens (including phenoxy) is 1. The maximum atomic E-state index is 10.9. The standard InChI is InChI=1S/C15H23NO3/c1-11(2)16(10-15(17)18)12(3)9-13-7-5-6-8-14(13)19-4/h5-8,11-12H,9-10H2,1-4H3,(H,17,18). The van der Waals surface area contributed by atoms with Gasteiger partial charge in [0, 0.05) is 12.1 Å². The van der Waals surface area contributed by atoms with Gasteiger partial charge in [-0.15, -0.1) is 0 Å². The van der Waals surface area contributed by atoms with E-state index >= 15 is 0 Å². The van der Waals surface area contributed by atoms with Gasteiger partial charge in [-0.2, -0.15) is 0 Å². The molecule has 1 aromatic carbocycles. The van der Waals surface area contributed by atoms with E-state index in [-0.39, 0.29) is 18.6 Å². The van der Waals surface area contributed by atoms with Crippen LogP contribution in [0.3, 0.4) is 0 Å². The number of methoxy groups -OCH3 is 1. The third-order valence-electron chi connectivity index (χ3n) is 3.26. The zero-order valence-corrected chi connectivity index (χ0v) is 12.1. The lowest BCUT2D eigenvalue weighted by Crippen LogP contribution is -2.43. The second-order valence-electron chi connectivity index (χ2n) is 5.02. The Bertz CT molecular complexity index is 418. The average molecular weight is 265 g/mol. The van der Waals surface area contributed by atoms with E-state index in [1.165, 1.54) is 0 Å². The van der Waals surface area contributed by atoms with Crippen LogP contribution in [-0.2, 0) is 11.2 Å². The molecule has 19 heavy (non-hydrogen) atoms. The number of aliphatic carboxylic acids is 1. The summed E-state index contributed by atoms with van der Waals surface area (Å²) in [6, 6.07) is 8.20. The number of carboxylic acids is 1. The summed E-state index contributed by atoms with van der Waals surface area (Å²) in [4.78, 5) is 12.9. The molecule has 106 valence electrons. The smallest absolute Gasteiger partial charge is 0.317 e. The van der Waals surface area contributed by atoms with Crippen molar-refractivity contribution in [2.24, 2.45) is 0 Å². The summed E-state index contributed by atoms with van der Waals surface area (Å²) in [7, 11) is 1.65. The Morgan fingerprint density at radius 1 is 1.32 bits per heavy atom. The summed E-state index contributed by atoms with van der Waals surface area (Å²) in [5.74, 6) is 0.0638. The van der Waals surface area contributed by atoms with E-state index in [9.17, 15) is 4.79 Å². The number of para-hydroxylation sites is 1. The van der Waals surface area contributed by atoms with E-state index in [2.05, 4.69) is 6.92 Å². The van der Waals surface area contributed by atoms with Gasteiger partial charge in [0.2, 0.25) is 0 Å². The van der Waals surface area contributed by atoms with E-state index < -0.39 is 5.97 Å². The van der Waals surface area contributed by atoms with Gasteiger partial charge >= 0.3 is 5.97 Å². The number of benzene rings is 1. The molecule has 0 aliphatic rings. The lowest BCUT2D eigenvalue weighted by molar-refractivity contribution is -0.139. The topological polar surface area (TPSA) is 49.8 Å². The van der Waals surface area contributed by atoms with E-state index in [0.717, 1.165) is 17.7 Å². The molecule has 0 amide bonds. The van der Waals surface area contributed by atoms with Crippen LogP contribution in [0.4, 0.5) is 0 Å². The Balaban J connectivity index is 2.80. The molecule has 0 fully saturated rings. The molecule has 1 rings (SSSR count). The fraction of sp³-hybridized carbons (Fsp3) is 0.533. The molecule has 1 atom stereocenters. The van der Waals surface area contributed by atoms with Crippen LogP contribution < -0.4 is 4.74 Å². The molecular formula is C15H23NO3. The van der Waals surface area contributed by atoms with Crippen molar-refractivity contribution < 1.29 is 14.6 Å². The minimum Gasteiger partial charge on any atom is -0.496 e. The number of carbonyl (C=O) groups is 1. The third kappa shape index (κ3) is 4.56. The monoisotopic (exact) mass is 265 g/mol. The Morgan fingerprint density at radius 2 is 1.95 bits per heavy atom. The van der Waals surface area contributed by atoms with Crippen LogP contribution in [0.15, 0.2) is 24.3 Å². The van der Waals surface area contributed by atoms with E-state index in [1.54, 1.807) is 7.11 Å². The maximum Gasteiger partial charge on any atom is 0.317 e. The van der Waals surface area contributed by atoms with Gasteiger partial charge in [0.1, 0.15) is 5.75 Å². The molecule has 0 aliphatic carbocycles. The summed E-state index contributed by atoms with van der Waals surface area (Å²) in [5.41, 5.74) is 1.11. The molecule has 1 unspecified atom stereocenters. The van der Waals surface area contributed by atoms with Crippen LogP contribution in [0, 0.1) is 0 Å². The number of carboxylic acid groups (broad SMARTS) is 1. The average Bonchev–Trinajstić information content (AvgIpc) is 2.36. The molecule has 4 nitrogen and oxygen atoms in total. The minimum absolute atomic E-state index is 0.0635. The minimum atomic E-state index is -0.791. The van der Waals surface area contributed by atoms with Gasteiger partial charge in [0.05, 0.1) is 13.7 Å². The zero-order valence-electron chi connectivity index (χ0n) is 12.1. The summed E-state index contributed by atoms with van der Waals surface area (Å²) in [5, 5.41) is 8.98. The first-order valence-electron chi connectivity index (χ1n) is 6.55. The molecule has 0 bridgehead atoms. The molecule has 0 heterocycles. The molecule has 0 saturated carbocycles. The first kappa shape index (κ1) is 15.5. The highest BCUT2D eigenvalue weighted by Crippen LogP contribution is 2.21.